The van der Waals surface area contributed by atoms with E-state index in [9.17, 15) is 9.59 Å². The van der Waals surface area contributed by atoms with Crippen molar-refractivity contribution in [3.8, 4) is 0 Å². The molecule has 1 aromatic carbocycles. The summed E-state index contributed by atoms with van der Waals surface area (Å²) in [5, 5.41) is 6.14. The second kappa shape index (κ2) is 8.49. The van der Waals surface area contributed by atoms with Gasteiger partial charge in [-0.25, -0.2) is 4.79 Å². The van der Waals surface area contributed by atoms with Crippen molar-refractivity contribution in [2.24, 2.45) is 5.92 Å². The molecule has 2 aromatic rings. The summed E-state index contributed by atoms with van der Waals surface area (Å²) in [5.41, 5.74) is 0.719. The first-order chi connectivity index (χ1) is 11.5. The van der Waals surface area contributed by atoms with Gasteiger partial charge in [-0.15, -0.1) is 11.3 Å². The molecule has 128 valence electrons. The van der Waals surface area contributed by atoms with Crippen LogP contribution >= 0.6 is 11.3 Å². The number of nitrogens with zero attached hydrogens (tertiary/aromatic N) is 1. The number of carbonyl (C=O) groups is 2. The summed E-state index contributed by atoms with van der Waals surface area (Å²) in [5.74, 6) is 0.541. The SMILES string of the molecule is CC(C)CCN(C)C(=O)c1ccc(NC(=O)Nc2ccccc2)s1. The van der Waals surface area contributed by atoms with E-state index in [-0.39, 0.29) is 11.9 Å². The molecule has 0 spiro atoms. The third-order valence-corrected chi connectivity index (χ3v) is 4.46. The van der Waals surface area contributed by atoms with Gasteiger partial charge in [-0.05, 0) is 36.6 Å². The van der Waals surface area contributed by atoms with Gasteiger partial charge in [0.15, 0.2) is 0 Å². The summed E-state index contributed by atoms with van der Waals surface area (Å²) in [7, 11) is 1.81. The second-order valence-corrected chi connectivity index (χ2v) is 7.10. The van der Waals surface area contributed by atoms with Gasteiger partial charge in [-0.2, -0.15) is 0 Å². The van der Waals surface area contributed by atoms with Crippen LogP contribution in [0.3, 0.4) is 0 Å². The van der Waals surface area contributed by atoms with E-state index in [1.165, 1.54) is 11.3 Å². The molecule has 0 bridgehead atoms. The Morgan fingerprint density at radius 2 is 1.79 bits per heavy atom. The molecule has 24 heavy (non-hydrogen) atoms. The first kappa shape index (κ1) is 18.0. The fourth-order valence-corrected chi connectivity index (χ4v) is 2.95. The Bertz CT molecular complexity index is 683. The van der Waals surface area contributed by atoms with Crippen LogP contribution in [-0.4, -0.2) is 30.4 Å². The van der Waals surface area contributed by atoms with E-state index in [1.807, 2.05) is 30.3 Å². The average molecular weight is 345 g/mol. The van der Waals surface area contributed by atoms with E-state index in [2.05, 4.69) is 24.5 Å². The van der Waals surface area contributed by atoms with E-state index in [1.54, 1.807) is 24.1 Å². The number of thiophene rings is 1. The Morgan fingerprint density at radius 1 is 1.08 bits per heavy atom. The predicted molar refractivity (Wildman–Crippen MR) is 99.8 cm³/mol. The Hall–Kier alpha value is -2.34. The molecule has 0 saturated carbocycles. The summed E-state index contributed by atoms with van der Waals surface area (Å²) in [4.78, 5) is 26.7. The quantitative estimate of drug-likeness (QED) is 0.809. The topological polar surface area (TPSA) is 61.4 Å². The lowest BCUT2D eigenvalue weighted by Crippen LogP contribution is -2.27. The van der Waals surface area contributed by atoms with Gasteiger partial charge in [0, 0.05) is 19.3 Å². The first-order valence-electron chi connectivity index (χ1n) is 7.94. The van der Waals surface area contributed by atoms with Gasteiger partial charge in [0.1, 0.15) is 0 Å². The zero-order chi connectivity index (χ0) is 17.5. The summed E-state index contributed by atoms with van der Waals surface area (Å²) < 4.78 is 0. The molecule has 1 heterocycles. The maximum absolute atomic E-state index is 12.4. The molecule has 0 fully saturated rings. The molecule has 0 atom stereocenters. The van der Waals surface area contributed by atoms with Crippen molar-refractivity contribution < 1.29 is 9.59 Å². The lowest BCUT2D eigenvalue weighted by atomic mass is 10.1. The molecule has 6 heteroatoms. The normalized spacial score (nSPS) is 10.5. The van der Waals surface area contributed by atoms with Crippen molar-refractivity contribution in [2.75, 3.05) is 24.2 Å². The Labute approximate surface area is 146 Å². The van der Waals surface area contributed by atoms with E-state index in [4.69, 9.17) is 0 Å². The zero-order valence-electron chi connectivity index (χ0n) is 14.2. The largest absolute Gasteiger partial charge is 0.341 e. The molecule has 2 rings (SSSR count). The van der Waals surface area contributed by atoms with Gasteiger partial charge in [-0.3, -0.25) is 10.1 Å². The maximum atomic E-state index is 12.4. The third-order valence-electron chi connectivity index (χ3n) is 3.47. The first-order valence-corrected chi connectivity index (χ1v) is 8.75. The van der Waals surface area contributed by atoms with Crippen molar-refractivity contribution in [3.63, 3.8) is 0 Å². The number of hydrogen-bond acceptors (Lipinski definition) is 3. The Morgan fingerprint density at radius 3 is 2.46 bits per heavy atom. The molecule has 0 aliphatic heterocycles. The fraction of sp³-hybridized carbons (Fsp3) is 0.333. The zero-order valence-corrected chi connectivity index (χ0v) is 15.0. The highest BCUT2D eigenvalue weighted by atomic mass is 32.1. The van der Waals surface area contributed by atoms with Crippen LogP contribution in [0.25, 0.3) is 0 Å². The number of amides is 3. The highest BCUT2D eigenvalue weighted by molar-refractivity contribution is 7.18. The fourth-order valence-electron chi connectivity index (χ4n) is 2.06. The van der Waals surface area contributed by atoms with Crippen LogP contribution in [0.1, 0.15) is 29.9 Å². The van der Waals surface area contributed by atoms with Crippen LogP contribution < -0.4 is 10.6 Å². The van der Waals surface area contributed by atoms with Crippen LogP contribution in [0.4, 0.5) is 15.5 Å². The van der Waals surface area contributed by atoms with Crippen molar-refractivity contribution >= 4 is 34.0 Å². The number of benzene rings is 1. The number of para-hydroxylation sites is 1. The van der Waals surface area contributed by atoms with Crippen molar-refractivity contribution in [3.05, 3.63) is 47.3 Å². The van der Waals surface area contributed by atoms with Gasteiger partial charge in [-0.1, -0.05) is 32.0 Å². The number of carbonyl (C=O) groups excluding carboxylic acids is 2. The molecule has 5 nitrogen and oxygen atoms in total. The summed E-state index contributed by atoms with van der Waals surface area (Å²) in [6.45, 7) is 5.00. The Balaban J connectivity index is 1.90. The lowest BCUT2D eigenvalue weighted by molar-refractivity contribution is 0.0794. The summed E-state index contributed by atoms with van der Waals surface area (Å²) >= 11 is 1.28. The molecular weight excluding hydrogens is 322 g/mol. The maximum Gasteiger partial charge on any atom is 0.324 e. The van der Waals surface area contributed by atoms with Crippen molar-refractivity contribution in [2.45, 2.75) is 20.3 Å². The molecule has 0 unspecified atom stereocenters. The minimum absolute atomic E-state index is 0.0165. The van der Waals surface area contributed by atoms with Crippen LogP contribution in [0.2, 0.25) is 0 Å². The van der Waals surface area contributed by atoms with Crippen LogP contribution in [0.15, 0.2) is 42.5 Å². The molecule has 0 radical (unpaired) electrons. The summed E-state index contributed by atoms with van der Waals surface area (Å²) in [6, 6.07) is 12.4. The summed E-state index contributed by atoms with van der Waals surface area (Å²) in [6.07, 6.45) is 0.970. The average Bonchev–Trinajstić information content (AvgIpc) is 3.01. The molecule has 2 N–H and O–H groups in total. The highest BCUT2D eigenvalue weighted by Crippen LogP contribution is 2.23. The number of rotatable bonds is 6. The predicted octanol–water partition coefficient (Wildman–Crippen LogP) is 4.51. The van der Waals surface area contributed by atoms with E-state index in [0.717, 1.165) is 18.7 Å². The number of anilines is 2. The monoisotopic (exact) mass is 345 g/mol. The second-order valence-electron chi connectivity index (χ2n) is 6.02. The van der Waals surface area contributed by atoms with Gasteiger partial charge >= 0.3 is 6.03 Å². The number of nitrogens with one attached hydrogen (secondary N) is 2. The molecule has 0 aliphatic carbocycles. The standard InChI is InChI=1S/C18H23N3O2S/c1-13(2)11-12-21(3)17(22)15-9-10-16(24-15)20-18(23)19-14-7-5-4-6-8-14/h4-10,13H,11-12H2,1-3H3,(H2,19,20,23). The Kier molecular flexibility index (Phi) is 6.37. The number of urea groups is 1. The van der Waals surface area contributed by atoms with Gasteiger partial charge in [0.25, 0.3) is 5.91 Å². The minimum atomic E-state index is -0.324. The van der Waals surface area contributed by atoms with Crippen LogP contribution in [0.5, 0.6) is 0 Å². The van der Waals surface area contributed by atoms with Gasteiger partial charge < -0.3 is 10.2 Å². The third kappa shape index (κ3) is 5.38. The van der Waals surface area contributed by atoms with E-state index >= 15 is 0 Å². The minimum Gasteiger partial charge on any atom is -0.341 e. The van der Waals surface area contributed by atoms with Crippen LogP contribution in [0, 0.1) is 5.92 Å². The molecule has 1 aromatic heterocycles. The molecule has 3 amide bonds. The highest BCUT2D eigenvalue weighted by Gasteiger charge is 2.15. The molecular formula is C18H23N3O2S. The van der Waals surface area contributed by atoms with Crippen molar-refractivity contribution in [1.82, 2.24) is 4.90 Å². The van der Waals surface area contributed by atoms with Gasteiger partial charge in [0.2, 0.25) is 0 Å². The molecule has 0 aliphatic rings. The van der Waals surface area contributed by atoms with E-state index in [0.29, 0.717) is 15.8 Å². The smallest absolute Gasteiger partial charge is 0.324 e. The number of hydrogen-bond donors (Lipinski definition) is 2. The van der Waals surface area contributed by atoms with E-state index < -0.39 is 0 Å². The van der Waals surface area contributed by atoms with Crippen molar-refractivity contribution in [1.29, 1.82) is 0 Å². The lowest BCUT2D eigenvalue weighted by Gasteiger charge is -2.17. The van der Waals surface area contributed by atoms with Crippen LogP contribution in [-0.2, 0) is 0 Å². The van der Waals surface area contributed by atoms with Gasteiger partial charge in [0.05, 0.1) is 9.88 Å². The molecule has 0 saturated heterocycles.